The zero-order valence-corrected chi connectivity index (χ0v) is 16.3. The van der Waals surface area contributed by atoms with Crippen molar-refractivity contribution < 1.29 is 17.8 Å². The van der Waals surface area contributed by atoms with Crippen molar-refractivity contribution >= 4 is 39.4 Å². The van der Waals surface area contributed by atoms with Gasteiger partial charge >= 0.3 is 0 Å². The maximum absolute atomic E-state index is 12.1. The van der Waals surface area contributed by atoms with Crippen molar-refractivity contribution in [2.24, 2.45) is 0 Å². The van der Waals surface area contributed by atoms with Crippen molar-refractivity contribution in [3.8, 4) is 11.1 Å². The Morgan fingerprint density at radius 1 is 1.19 bits per heavy atom. The van der Waals surface area contributed by atoms with Crippen LogP contribution in [0.4, 0.5) is 0 Å². The van der Waals surface area contributed by atoms with Gasteiger partial charge in [-0.15, -0.1) is 23.5 Å². The quantitative estimate of drug-likeness (QED) is 0.578. The minimum atomic E-state index is -4.25. The van der Waals surface area contributed by atoms with Gasteiger partial charge in [0.25, 0.3) is 10.1 Å². The van der Waals surface area contributed by atoms with Crippen LogP contribution in [0.15, 0.2) is 67.3 Å². The summed E-state index contributed by atoms with van der Waals surface area (Å²) in [6.07, 6.45) is 1.27. The number of carbonyl (C=O) groups excluding carboxylic acids is 1. The van der Waals surface area contributed by atoms with Gasteiger partial charge in [-0.25, -0.2) is 0 Å². The number of carbonyl (C=O) groups is 1. The molecule has 136 valence electrons. The van der Waals surface area contributed by atoms with Crippen LogP contribution in [0, 0.1) is 0 Å². The standard InChI is InChI=1S/C19H18O4S3/c1-2-17(20)18-12-24-19(25-18,13-26(21,22)23)16-11-7-6-10-15(16)14-8-4-3-5-9-14/h2-11,18H,1,12-13H2,(H,21,22,23). The Kier molecular flexibility index (Phi) is 5.62. The van der Waals surface area contributed by atoms with E-state index < -0.39 is 20.0 Å². The Balaban J connectivity index is 2.13. The molecule has 2 aromatic rings. The highest BCUT2D eigenvalue weighted by molar-refractivity contribution is 8.22. The lowest BCUT2D eigenvalue weighted by Gasteiger charge is -2.29. The normalized spacial score (nSPS) is 22.9. The summed E-state index contributed by atoms with van der Waals surface area (Å²) in [5.74, 6) is -0.120. The maximum Gasteiger partial charge on any atom is 0.267 e. The van der Waals surface area contributed by atoms with Crippen LogP contribution in [0.2, 0.25) is 0 Å². The first-order valence-corrected chi connectivity index (χ1v) is 11.4. The molecule has 0 saturated carbocycles. The van der Waals surface area contributed by atoms with Crippen LogP contribution in [-0.2, 0) is 19.0 Å². The molecule has 1 N–H and O–H groups in total. The summed E-state index contributed by atoms with van der Waals surface area (Å²) in [4.78, 5) is 12.1. The van der Waals surface area contributed by atoms with Gasteiger partial charge in [0.1, 0.15) is 9.83 Å². The molecule has 7 heteroatoms. The highest BCUT2D eigenvalue weighted by Crippen LogP contribution is 2.57. The summed E-state index contributed by atoms with van der Waals surface area (Å²) in [5.41, 5.74) is 2.64. The number of thioether (sulfide) groups is 2. The molecule has 3 rings (SSSR count). The fraction of sp³-hybridized carbons (Fsp3) is 0.211. The zero-order valence-electron chi connectivity index (χ0n) is 13.9. The molecule has 0 amide bonds. The third kappa shape index (κ3) is 4.06. The molecule has 0 spiro atoms. The van der Waals surface area contributed by atoms with Gasteiger partial charge < -0.3 is 0 Å². The van der Waals surface area contributed by atoms with Gasteiger partial charge in [0.15, 0.2) is 5.78 Å². The topological polar surface area (TPSA) is 71.4 Å². The number of hydrogen-bond acceptors (Lipinski definition) is 5. The van der Waals surface area contributed by atoms with E-state index in [1.54, 1.807) is 0 Å². The molecule has 2 atom stereocenters. The van der Waals surface area contributed by atoms with Gasteiger partial charge in [-0.3, -0.25) is 9.35 Å². The van der Waals surface area contributed by atoms with E-state index in [2.05, 4.69) is 6.58 Å². The third-order valence-electron chi connectivity index (χ3n) is 4.11. The molecule has 0 aliphatic carbocycles. The number of hydrogen-bond donors (Lipinski definition) is 1. The van der Waals surface area contributed by atoms with Crippen LogP contribution in [0.5, 0.6) is 0 Å². The summed E-state index contributed by atoms with van der Waals surface area (Å²) in [5, 5.41) is -0.386. The van der Waals surface area contributed by atoms with Crippen LogP contribution < -0.4 is 0 Å². The molecular weight excluding hydrogens is 388 g/mol. The van der Waals surface area contributed by atoms with Crippen molar-refractivity contribution in [2.45, 2.75) is 9.33 Å². The molecule has 1 aliphatic heterocycles. The van der Waals surface area contributed by atoms with E-state index in [0.29, 0.717) is 5.75 Å². The second-order valence-corrected chi connectivity index (χ2v) is 10.4. The van der Waals surface area contributed by atoms with Gasteiger partial charge in [-0.05, 0) is 22.8 Å². The number of rotatable bonds is 6. The lowest BCUT2D eigenvalue weighted by atomic mass is 9.98. The average Bonchev–Trinajstić information content (AvgIpc) is 3.05. The fourth-order valence-corrected chi connectivity index (χ4v) is 8.33. The minimum absolute atomic E-state index is 0.128. The Hall–Kier alpha value is -1.54. The van der Waals surface area contributed by atoms with Crippen molar-refractivity contribution in [3.63, 3.8) is 0 Å². The number of allylic oxidation sites excluding steroid dienone is 1. The van der Waals surface area contributed by atoms with E-state index in [1.807, 2.05) is 54.6 Å². The highest BCUT2D eigenvalue weighted by atomic mass is 32.2. The maximum atomic E-state index is 12.1. The molecular formula is C19H18O4S3. The minimum Gasteiger partial charge on any atom is -0.294 e. The Morgan fingerprint density at radius 3 is 2.50 bits per heavy atom. The first-order valence-electron chi connectivity index (χ1n) is 7.93. The van der Waals surface area contributed by atoms with E-state index in [1.165, 1.54) is 29.6 Å². The predicted octanol–water partition coefficient (Wildman–Crippen LogP) is 4.00. The van der Waals surface area contributed by atoms with Crippen molar-refractivity contribution in [3.05, 3.63) is 72.8 Å². The van der Waals surface area contributed by atoms with Gasteiger partial charge in [0.05, 0.1) is 5.25 Å². The van der Waals surface area contributed by atoms with Gasteiger partial charge in [0, 0.05) is 5.75 Å². The summed E-state index contributed by atoms with van der Waals surface area (Å²) < 4.78 is 32.2. The SMILES string of the molecule is C=CC(=O)C1CSC(CS(=O)(=O)O)(c2ccccc2-c2ccccc2)S1. The second-order valence-electron chi connectivity index (χ2n) is 5.91. The van der Waals surface area contributed by atoms with Crippen molar-refractivity contribution in [2.75, 3.05) is 11.5 Å². The average molecular weight is 407 g/mol. The second kappa shape index (κ2) is 7.60. The van der Waals surface area contributed by atoms with E-state index in [4.69, 9.17) is 0 Å². The van der Waals surface area contributed by atoms with E-state index >= 15 is 0 Å². The molecule has 2 aromatic carbocycles. The van der Waals surface area contributed by atoms with Gasteiger partial charge in [-0.1, -0.05) is 61.2 Å². The molecule has 1 heterocycles. The first-order chi connectivity index (χ1) is 12.3. The summed E-state index contributed by atoms with van der Waals surface area (Å²) in [7, 11) is -4.25. The van der Waals surface area contributed by atoms with Crippen LogP contribution in [-0.4, -0.2) is 35.5 Å². The summed E-state index contributed by atoms with van der Waals surface area (Å²) in [6, 6.07) is 17.2. The van der Waals surface area contributed by atoms with E-state index in [0.717, 1.165) is 16.7 Å². The molecule has 1 saturated heterocycles. The number of ketones is 1. The van der Waals surface area contributed by atoms with Gasteiger partial charge in [-0.2, -0.15) is 8.42 Å². The molecule has 1 aliphatic rings. The molecule has 1 fully saturated rings. The fourth-order valence-electron chi connectivity index (χ4n) is 3.00. The monoisotopic (exact) mass is 406 g/mol. The lowest BCUT2D eigenvalue weighted by Crippen LogP contribution is -2.27. The molecule has 0 aromatic heterocycles. The molecule has 2 unspecified atom stereocenters. The number of benzene rings is 2. The third-order valence-corrected chi connectivity index (χ3v) is 8.89. The molecule has 0 radical (unpaired) electrons. The Morgan fingerprint density at radius 2 is 1.85 bits per heavy atom. The Labute approximate surface area is 161 Å². The lowest BCUT2D eigenvalue weighted by molar-refractivity contribution is -0.113. The predicted molar refractivity (Wildman–Crippen MR) is 109 cm³/mol. The smallest absolute Gasteiger partial charge is 0.267 e. The van der Waals surface area contributed by atoms with Crippen LogP contribution in [0.1, 0.15) is 5.56 Å². The first kappa shape index (κ1) is 19.2. The molecule has 26 heavy (non-hydrogen) atoms. The van der Waals surface area contributed by atoms with E-state index in [-0.39, 0.29) is 11.0 Å². The summed E-state index contributed by atoms with van der Waals surface area (Å²) >= 11 is 2.67. The van der Waals surface area contributed by atoms with Crippen LogP contribution >= 0.6 is 23.5 Å². The molecule has 0 bridgehead atoms. The Bertz CT molecular complexity index is 925. The summed E-state index contributed by atoms with van der Waals surface area (Å²) in [6.45, 7) is 3.53. The van der Waals surface area contributed by atoms with Crippen LogP contribution in [0.3, 0.4) is 0 Å². The largest absolute Gasteiger partial charge is 0.294 e. The van der Waals surface area contributed by atoms with E-state index in [9.17, 15) is 17.8 Å². The van der Waals surface area contributed by atoms with Crippen LogP contribution in [0.25, 0.3) is 11.1 Å². The van der Waals surface area contributed by atoms with Crippen molar-refractivity contribution in [1.29, 1.82) is 0 Å². The highest BCUT2D eigenvalue weighted by Gasteiger charge is 2.48. The van der Waals surface area contributed by atoms with Crippen molar-refractivity contribution in [1.82, 2.24) is 0 Å². The molecule has 4 nitrogen and oxygen atoms in total. The van der Waals surface area contributed by atoms with Gasteiger partial charge in [0.2, 0.25) is 0 Å². The zero-order chi connectivity index (χ0) is 18.8.